The normalized spacial score (nSPS) is 25.0. The average molecular weight is 261 g/mol. The highest BCUT2D eigenvalue weighted by atomic mass is 16.2. The number of carbonyl (C=O) groups is 1. The molecule has 1 fully saturated rings. The zero-order valence-corrected chi connectivity index (χ0v) is 10.9. The molecule has 2 N–H and O–H groups in total. The minimum Gasteiger partial charge on any atom is -0.342 e. The smallest absolute Gasteiger partial charge is 0.250 e. The zero-order chi connectivity index (χ0) is 13.4. The van der Waals surface area contributed by atoms with Crippen molar-refractivity contribution in [2.45, 2.75) is 25.3 Å². The molecule has 2 aliphatic heterocycles. The minimum absolute atomic E-state index is 0.0777. The second-order valence-corrected chi connectivity index (χ2v) is 5.54. The summed E-state index contributed by atoms with van der Waals surface area (Å²) in [6.45, 7) is 2.62. The van der Waals surface area contributed by atoms with E-state index in [-0.39, 0.29) is 11.5 Å². The number of nitrogens with two attached hydrogens (primary N) is 1. The maximum Gasteiger partial charge on any atom is 0.250 e. The highest BCUT2D eigenvalue weighted by Crippen LogP contribution is 2.34. The summed E-state index contributed by atoms with van der Waals surface area (Å²) < 4.78 is 1.88. The third kappa shape index (κ3) is 2.18. The topological polar surface area (TPSA) is 68.3 Å². The van der Waals surface area contributed by atoms with Crippen molar-refractivity contribution in [3.8, 4) is 0 Å². The molecule has 3 heterocycles. The zero-order valence-electron chi connectivity index (χ0n) is 10.9. The summed E-state index contributed by atoms with van der Waals surface area (Å²) >= 11 is 0. The third-order valence-electron chi connectivity index (χ3n) is 4.19. The summed E-state index contributed by atoms with van der Waals surface area (Å²) in [5.41, 5.74) is 6.61. The van der Waals surface area contributed by atoms with E-state index in [9.17, 15) is 9.59 Å². The predicted octanol–water partition coefficient (Wildman–Crippen LogP) is 0.143. The number of hydrogen-bond donors (Lipinski definition) is 1. The maximum absolute atomic E-state index is 12.0. The van der Waals surface area contributed by atoms with Crippen LogP contribution < -0.4 is 11.3 Å². The molecule has 1 aromatic rings. The highest BCUT2D eigenvalue weighted by molar-refractivity contribution is 5.76. The van der Waals surface area contributed by atoms with Gasteiger partial charge in [-0.2, -0.15) is 0 Å². The van der Waals surface area contributed by atoms with Crippen LogP contribution in [-0.2, 0) is 11.3 Å². The molecule has 0 saturated carbocycles. The first-order valence-electron chi connectivity index (χ1n) is 6.86. The SMILES string of the molecule is NCCC(=O)N1CC2C[C@H](C1)c1cccc(=O)n1C2. The summed E-state index contributed by atoms with van der Waals surface area (Å²) in [4.78, 5) is 25.8. The summed E-state index contributed by atoms with van der Waals surface area (Å²) in [6.07, 6.45) is 1.50. The Morgan fingerprint density at radius 2 is 2.16 bits per heavy atom. The first-order chi connectivity index (χ1) is 9.19. The Morgan fingerprint density at radius 1 is 1.32 bits per heavy atom. The van der Waals surface area contributed by atoms with Gasteiger partial charge in [-0.25, -0.2) is 0 Å². The molecule has 0 radical (unpaired) electrons. The number of pyridine rings is 1. The van der Waals surface area contributed by atoms with E-state index < -0.39 is 0 Å². The van der Waals surface area contributed by atoms with Crippen LogP contribution in [0.5, 0.6) is 0 Å². The first kappa shape index (κ1) is 12.4. The quantitative estimate of drug-likeness (QED) is 0.823. The molecule has 1 aromatic heterocycles. The van der Waals surface area contributed by atoms with E-state index in [1.807, 2.05) is 21.6 Å². The standard InChI is InChI=1S/C14H19N3O2/c15-5-4-13(18)16-7-10-6-11(9-16)12-2-1-3-14(19)17(12)8-10/h1-3,10-11H,4-9,15H2/t10?,11-/m1/s1. The van der Waals surface area contributed by atoms with Crippen LogP contribution in [0.15, 0.2) is 23.0 Å². The average Bonchev–Trinajstić information content (AvgIpc) is 2.40. The second-order valence-electron chi connectivity index (χ2n) is 5.54. The lowest BCUT2D eigenvalue weighted by molar-refractivity contribution is -0.133. The summed E-state index contributed by atoms with van der Waals surface area (Å²) in [5.74, 6) is 0.833. The van der Waals surface area contributed by atoms with Gasteiger partial charge in [-0.05, 0) is 18.4 Å². The molecule has 1 saturated heterocycles. The molecule has 2 bridgehead atoms. The predicted molar refractivity (Wildman–Crippen MR) is 71.8 cm³/mol. The molecule has 0 spiro atoms. The third-order valence-corrected chi connectivity index (χ3v) is 4.19. The Morgan fingerprint density at radius 3 is 2.95 bits per heavy atom. The maximum atomic E-state index is 12.0. The molecule has 1 amide bonds. The van der Waals surface area contributed by atoms with Gasteiger partial charge in [0, 0.05) is 50.3 Å². The van der Waals surface area contributed by atoms with E-state index in [1.54, 1.807) is 6.07 Å². The Labute approximate surface area is 112 Å². The molecule has 5 nitrogen and oxygen atoms in total. The van der Waals surface area contributed by atoms with Crippen molar-refractivity contribution >= 4 is 5.91 Å². The van der Waals surface area contributed by atoms with Gasteiger partial charge in [-0.1, -0.05) is 6.07 Å². The molecule has 5 heteroatoms. The van der Waals surface area contributed by atoms with Gasteiger partial charge in [0.2, 0.25) is 5.91 Å². The molecule has 19 heavy (non-hydrogen) atoms. The lowest BCUT2D eigenvalue weighted by Gasteiger charge is -2.42. The fraction of sp³-hybridized carbons (Fsp3) is 0.571. The number of rotatable bonds is 2. The van der Waals surface area contributed by atoms with Crippen molar-refractivity contribution in [2.24, 2.45) is 11.7 Å². The molecular weight excluding hydrogens is 242 g/mol. The Balaban J connectivity index is 1.88. The summed E-state index contributed by atoms with van der Waals surface area (Å²) in [5, 5.41) is 0. The van der Waals surface area contributed by atoms with Crippen LogP contribution >= 0.6 is 0 Å². The molecule has 0 aliphatic carbocycles. The number of piperidine rings is 1. The molecule has 3 rings (SSSR count). The first-order valence-corrected chi connectivity index (χ1v) is 6.86. The van der Waals surface area contributed by atoms with Gasteiger partial charge in [0.15, 0.2) is 0 Å². The number of carbonyl (C=O) groups excluding carboxylic acids is 1. The monoisotopic (exact) mass is 261 g/mol. The minimum atomic E-state index is 0.0777. The lowest BCUT2D eigenvalue weighted by Crippen LogP contribution is -2.49. The highest BCUT2D eigenvalue weighted by Gasteiger charge is 2.35. The van der Waals surface area contributed by atoms with Crippen molar-refractivity contribution < 1.29 is 4.79 Å². The van der Waals surface area contributed by atoms with E-state index in [4.69, 9.17) is 5.73 Å². The summed E-state index contributed by atoms with van der Waals surface area (Å²) in [6, 6.07) is 5.44. The van der Waals surface area contributed by atoms with Crippen LogP contribution in [0, 0.1) is 5.92 Å². The van der Waals surface area contributed by atoms with Crippen molar-refractivity contribution in [1.29, 1.82) is 0 Å². The number of nitrogens with zero attached hydrogens (tertiary/aromatic N) is 2. The van der Waals surface area contributed by atoms with Crippen LogP contribution in [0.4, 0.5) is 0 Å². The van der Waals surface area contributed by atoms with Gasteiger partial charge >= 0.3 is 0 Å². The van der Waals surface area contributed by atoms with Crippen molar-refractivity contribution in [3.05, 3.63) is 34.2 Å². The van der Waals surface area contributed by atoms with E-state index >= 15 is 0 Å². The fourth-order valence-corrected chi connectivity index (χ4v) is 3.38. The Kier molecular flexibility index (Phi) is 3.14. The van der Waals surface area contributed by atoms with E-state index in [0.29, 0.717) is 24.8 Å². The van der Waals surface area contributed by atoms with Crippen LogP contribution in [-0.4, -0.2) is 35.0 Å². The summed E-state index contributed by atoms with van der Waals surface area (Å²) in [7, 11) is 0. The lowest BCUT2D eigenvalue weighted by atomic mass is 9.83. The van der Waals surface area contributed by atoms with Crippen LogP contribution in [0.3, 0.4) is 0 Å². The van der Waals surface area contributed by atoms with E-state index in [0.717, 1.165) is 31.7 Å². The van der Waals surface area contributed by atoms with E-state index in [2.05, 4.69) is 0 Å². The van der Waals surface area contributed by atoms with Crippen LogP contribution in [0.1, 0.15) is 24.5 Å². The van der Waals surface area contributed by atoms with Gasteiger partial charge < -0.3 is 15.2 Å². The van der Waals surface area contributed by atoms with Crippen molar-refractivity contribution in [1.82, 2.24) is 9.47 Å². The van der Waals surface area contributed by atoms with E-state index in [1.165, 1.54) is 0 Å². The largest absolute Gasteiger partial charge is 0.342 e. The van der Waals surface area contributed by atoms with Gasteiger partial charge in [-0.15, -0.1) is 0 Å². The molecule has 2 atom stereocenters. The number of amides is 1. The molecule has 1 unspecified atom stereocenters. The van der Waals surface area contributed by atoms with Crippen molar-refractivity contribution in [2.75, 3.05) is 19.6 Å². The van der Waals surface area contributed by atoms with Gasteiger partial charge in [0.05, 0.1) is 0 Å². The molecule has 2 aliphatic rings. The number of likely N-dealkylation sites (tertiary alicyclic amines) is 1. The molecule has 0 aromatic carbocycles. The van der Waals surface area contributed by atoms with Gasteiger partial charge in [-0.3, -0.25) is 9.59 Å². The molecular formula is C14H19N3O2. The Hall–Kier alpha value is -1.62. The van der Waals surface area contributed by atoms with Crippen molar-refractivity contribution in [3.63, 3.8) is 0 Å². The van der Waals surface area contributed by atoms with Gasteiger partial charge in [0.1, 0.15) is 0 Å². The van der Waals surface area contributed by atoms with Crippen LogP contribution in [0.25, 0.3) is 0 Å². The Bertz CT molecular complexity index is 552. The second kappa shape index (κ2) is 4.81. The number of hydrogen-bond acceptors (Lipinski definition) is 3. The molecule has 102 valence electrons. The van der Waals surface area contributed by atoms with Gasteiger partial charge in [0.25, 0.3) is 5.56 Å². The number of fused-ring (bicyclic) bond motifs is 4. The van der Waals surface area contributed by atoms with Crippen LogP contribution in [0.2, 0.25) is 0 Å². The fourth-order valence-electron chi connectivity index (χ4n) is 3.38. The number of aromatic nitrogens is 1.